The third-order valence-electron chi connectivity index (χ3n) is 5.18. The number of hydrogen-bond acceptors (Lipinski definition) is 1. The van der Waals surface area contributed by atoms with E-state index in [4.69, 9.17) is 0 Å². The monoisotopic (exact) mass is 286 g/mol. The van der Waals surface area contributed by atoms with Gasteiger partial charge in [-0.05, 0) is 43.1 Å². The molecule has 0 amide bonds. The number of aryl methyl sites for hydroxylation is 1. The van der Waals surface area contributed by atoms with Crippen molar-refractivity contribution in [3.05, 3.63) is 35.9 Å². The average Bonchev–Trinajstić information content (AvgIpc) is 2.48. The zero-order valence-corrected chi connectivity index (χ0v) is 13.8. The molecule has 1 nitrogen and oxygen atoms in total. The van der Waals surface area contributed by atoms with Crippen molar-refractivity contribution in [2.24, 2.45) is 23.7 Å². The molecule has 1 aromatic carbocycles. The molecular formula is C20H30O. The summed E-state index contributed by atoms with van der Waals surface area (Å²) < 4.78 is 0. The summed E-state index contributed by atoms with van der Waals surface area (Å²) in [7, 11) is 0. The molecule has 1 atom stereocenters. The summed E-state index contributed by atoms with van der Waals surface area (Å²) in [5.74, 6) is 2.40. The van der Waals surface area contributed by atoms with Crippen molar-refractivity contribution in [2.45, 2.75) is 59.3 Å². The highest BCUT2D eigenvalue weighted by Crippen LogP contribution is 2.33. The van der Waals surface area contributed by atoms with Gasteiger partial charge in [0, 0.05) is 11.8 Å². The Balaban J connectivity index is 1.93. The fraction of sp³-hybridized carbons (Fsp3) is 0.650. The maximum absolute atomic E-state index is 12.9. The molecule has 0 heterocycles. The van der Waals surface area contributed by atoms with Crippen molar-refractivity contribution in [2.75, 3.05) is 0 Å². The lowest BCUT2D eigenvalue weighted by Gasteiger charge is -2.30. The van der Waals surface area contributed by atoms with Crippen molar-refractivity contribution >= 4 is 5.78 Å². The molecule has 1 heteroatoms. The van der Waals surface area contributed by atoms with Gasteiger partial charge in [0.2, 0.25) is 0 Å². The Hall–Kier alpha value is -1.11. The number of hydrogen-bond donors (Lipinski definition) is 0. The van der Waals surface area contributed by atoms with Crippen LogP contribution in [0.4, 0.5) is 0 Å². The second-order valence-electron chi connectivity index (χ2n) is 7.23. The summed E-state index contributed by atoms with van der Waals surface area (Å²) in [6.45, 7) is 6.73. The molecule has 0 aromatic heterocycles. The number of carbonyl (C=O) groups excluding carboxylic acids is 1. The van der Waals surface area contributed by atoms with E-state index in [0.29, 0.717) is 17.6 Å². The summed E-state index contributed by atoms with van der Waals surface area (Å²) in [6.07, 6.45) is 6.74. The lowest BCUT2D eigenvalue weighted by molar-refractivity contribution is -0.129. The first-order valence-electron chi connectivity index (χ1n) is 8.65. The minimum atomic E-state index is 0.239. The van der Waals surface area contributed by atoms with Gasteiger partial charge in [-0.3, -0.25) is 4.79 Å². The predicted octanol–water partition coefficient (Wildman–Crippen LogP) is 5.29. The summed E-state index contributed by atoms with van der Waals surface area (Å²) >= 11 is 0. The van der Waals surface area contributed by atoms with Crippen molar-refractivity contribution in [1.82, 2.24) is 0 Å². The third kappa shape index (κ3) is 4.69. The highest BCUT2D eigenvalue weighted by atomic mass is 16.1. The van der Waals surface area contributed by atoms with Gasteiger partial charge in [-0.25, -0.2) is 0 Å². The zero-order chi connectivity index (χ0) is 15.2. The molecule has 0 bridgehead atoms. The topological polar surface area (TPSA) is 17.1 Å². The van der Waals surface area contributed by atoms with E-state index in [0.717, 1.165) is 31.6 Å². The van der Waals surface area contributed by atoms with Crippen LogP contribution in [0.2, 0.25) is 0 Å². The van der Waals surface area contributed by atoms with Crippen molar-refractivity contribution < 1.29 is 4.79 Å². The summed E-state index contributed by atoms with van der Waals surface area (Å²) in [5, 5.41) is 0. The lowest BCUT2D eigenvalue weighted by Crippen LogP contribution is -2.30. The molecule has 1 aromatic rings. The molecule has 1 aliphatic rings. The summed E-state index contributed by atoms with van der Waals surface area (Å²) in [4.78, 5) is 12.9. The Morgan fingerprint density at radius 2 is 1.71 bits per heavy atom. The molecule has 2 rings (SSSR count). The molecule has 116 valence electrons. The fourth-order valence-electron chi connectivity index (χ4n) is 3.62. The molecule has 1 fully saturated rings. The van der Waals surface area contributed by atoms with Gasteiger partial charge >= 0.3 is 0 Å². The van der Waals surface area contributed by atoms with Crippen LogP contribution >= 0.6 is 0 Å². The smallest absolute Gasteiger partial charge is 0.139 e. The number of carbonyl (C=O) groups is 1. The zero-order valence-electron chi connectivity index (χ0n) is 13.8. The summed E-state index contributed by atoms with van der Waals surface area (Å²) in [5.41, 5.74) is 1.35. The number of benzene rings is 1. The molecule has 0 unspecified atom stereocenters. The third-order valence-corrected chi connectivity index (χ3v) is 5.18. The van der Waals surface area contributed by atoms with Crippen LogP contribution in [-0.2, 0) is 11.2 Å². The first-order valence-corrected chi connectivity index (χ1v) is 8.65. The highest BCUT2D eigenvalue weighted by molar-refractivity contribution is 5.83. The highest BCUT2D eigenvalue weighted by Gasteiger charge is 2.31. The van der Waals surface area contributed by atoms with Crippen LogP contribution in [0.5, 0.6) is 0 Å². The SMILES string of the molecule is CC1CCC(C(=O)[C@H](CCc2ccccc2)C(C)C)CC1. The van der Waals surface area contributed by atoms with E-state index in [1.807, 2.05) is 0 Å². The fourth-order valence-corrected chi connectivity index (χ4v) is 3.62. The van der Waals surface area contributed by atoms with Crippen molar-refractivity contribution in [3.8, 4) is 0 Å². The van der Waals surface area contributed by atoms with Crippen LogP contribution in [0.1, 0.15) is 58.4 Å². The molecule has 0 spiro atoms. The van der Waals surface area contributed by atoms with Crippen LogP contribution in [0.25, 0.3) is 0 Å². The van der Waals surface area contributed by atoms with Gasteiger partial charge in [-0.15, -0.1) is 0 Å². The van der Waals surface area contributed by atoms with Crippen molar-refractivity contribution in [1.29, 1.82) is 0 Å². The molecular weight excluding hydrogens is 256 g/mol. The van der Waals surface area contributed by atoms with Crippen LogP contribution < -0.4 is 0 Å². The molecule has 0 N–H and O–H groups in total. The van der Waals surface area contributed by atoms with Gasteiger partial charge in [0.15, 0.2) is 0 Å². The molecule has 1 saturated carbocycles. The predicted molar refractivity (Wildman–Crippen MR) is 89.2 cm³/mol. The molecule has 0 radical (unpaired) electrons. The van der Waals surface area contributed by atoms with E-state index in [1.54, 1.807) is 0 Å². The van der Waals surface area contributed by atoms with Crippen LogP contribution in [0.15, 0.2) is 30.3 Å². The lowest BCUT2D eigenvalue weighted by atomic mass is 9.74. The van der Waals surface area contributed by atoms with E-state index in [9.17, 15) is 4.79 Å². The number of ketones is 1. The van der Waals surface area contributed by atoms with Crippen LogP contribution in [0.3, 0.4) is 0 Å². The van der Waals surface area contributed by atoms with Crippen LogP contribution in [0, 0.1) is 23.7 Å². The van der Waals surface area contributed by atoms with Gasteiger partial charge in [-0.2, -0.15) is 0 Å². The molecule has 21 heavy (non-hydrogen) atoms. The Morgan fingerprint density at radius 1 is 1.10 bits per heavy atom. The normalized spacial score (nSPS) is 24.0. The first-order chi connectivity index (χ1) is 10.1. The van der Waals surface area contributed by atoms with E-state index in [-0.39, 0.29) is 5.92 Å². The second kappa shape index (κ2) is 7.77. The average molecular weight is 286 g/mol. The minimum absolute atomic E-state index is 0.239. The molecule has 0 saturated heterocycles. The second-order valence-corrected chi connectivity index (χ2v) is 7.23. The number of Topliss-reactive ketones (excluding diaryl/α,β-unsaturated/α-hetero) is 1. The number of rotatable bonds is 6. The van der Waals surface area contributed by atoms with Gasteiger partial charge in [0.05, 0.1) is 0 Å². The minimum Gasteiger partial charge on any atom is -0.299 e. The van der Waals surface area contributed by atoms with E-state index in [1.165, 1.54) is 18.4 Å². The summed E-state index contributed by atoms with van der Waals surface area (Å²) in [6, 6.07) is 10.6. The Morgan fingerprint density at radius 3 is 2.29 bits per heavy atom. The van der Waals surface area contributed by atoms with E-state index in [2.05, 4.69) is 51.1 Å². The Bertz CT molecular complexity index is 426. The quantitative estimate of drug-likeness (QED) is 0.694. The maximum atomic E-state index is 12.9. The molecule has 0 aliphatic heterocycles. The van der Waals surface area contributed by atoms with Gasteiger partial charge in [-0.1, -0.05) is 63.9 Å². The van der Waals surface area contributed by atoms with Gasteiger partial charge < -0.3 is 0 Å². The van der Waals surface area contributed by atoms with Crippen LogP contribution in [-0.4, -0.2) is 5.78 Å². The van der Waals surface area contributed by atoms with E-state index < -0.39 is 0 Å². The maximum Gasteiger partial charge on any atom is 0.139 e. The van der Waals surface area contributed by atoms with Gasteiger partial charge in [0.1, 0.15) is 5.78 Å². The Kier molecular flexibility index (Phi) is 6.02. The standard InChI is InChI=1S/C20H30O/c1-15(2)19(14-11-17-7-5-4-6-8-17)20(21)18-12-9-16(3)10-13-18/h4-8,15-16,18-19H,9-14H2,1-3H3/t16?,18?,19-/m1/s1. The first kappa shape index (κ1) is 16.3. The Labute approximate surface area is 130 Å². The van der Waals surface area contributed by atoms with Gasteiger partial charge in [0.25, 0.3) is 0 Å². The largest absolute Gasteiger partial charge is 0.299 e. The van der Waals surface area contributed by atoms with E-state index >= 15 is 0 Å². The molecule has 1 aliphatic carbocycles. The van der Waals surface area contributed by atoms with Crippen molar-refractivity contribution in [3.63, 3.8) is 0 Å².